The van der Waals surface area contributed by atoms with Crippen molar-refractivity contribution in [3.05, 3.63) is 34.3 Å². The van der Waals surface area contributed by atoms with Crippen LogP contribution in [0.15, 0.2) is 17.8 Å². The van der Waals surface area contributed by atoms with Gasteiger partial charge in [-0.15, -0.1) is 11.3 Å². The smallest absolute Gasteiger partial charge is 0.355 e. The number of hydrogen-bond acceptors (Lipinski definition) is 5. The van der Waals surface area contributed by atoms with E-state index < -0.39 is 5.97 Å². The Labute approximate surface area is 125 Å². The highest BCUT2D eigenvalue weighted by Crippen LogP contribution is 2.09. The van der Waals surface area contributed by atoms with Crippen LogP contribution in [0, 0.1) is 0 Å². The van der Waals surface area contributed by atoms with E-state index in [0.29, 0.717) is 11.6 Å². The monoisotopic (exact) mass is 309 g/mol. The van der Waals surface area contributed by atoms with Crippen LogP contribution in [0.4, 0.5) is 4.79 Å². The summed E-state index contributed by atoms with van der Waals surface area (Å²) in [6.45, 7) is 0.579. The molecule has 0 aliphatic carbocycles. The Balaban J connectivity index is 1.86. The number of aromatic nitrogens is 3. The number of nitrogens with zero attached hydrogens (tertiary/aromatic N) is 4. The largest absolute Gasteiger partial charge is 0.476 e. The molecule has 2 amide bonds. The minimum atomic E-state index is -1.07. The number of rotatable bonds is 5. The molecule has 2 aromatic heterocycles. The van der Waals surface area contributed by atoms with Gasteiger partial charge in [-0.25, -0.2) is 19.6 Å². The van der Waals surface area contributed by atoms with E-state index in [0.717, 1.165) is 5.82 Å². The van der Waals surface area contributed by atoms with E-state index in [2.05, 4.69) is 15.3 Å². The van der Waals surface area contributed by atoms with Crippen molar-refractivity contribution in [2.24, 2.45) is 7.05 Å². The lowest BCUT2D eigenvalue weighted by molar-refractivity contribution is 0.0691. The molecule has 9 heteroatoms. The zero-order chi connectivity index (χ0) is 15.4. The molecule has 0 aromatic carbocycles. The van der Waals surface area contributed by atoms with Crippen molar-refractivity contribution in [3.63, 3.8) is 0 Å². The number of carbonyl (C=O) groups is 2. The van der Waals surface area contributed by atoms with E-state index >= 15 is 0 Å². The zero-order valence-electron chi connectivity index (χ0n) is 11.6. The lowest BCUT2D eigenvalue weighted by atomic mass is 10.5. The number of amides is 2. The first kappa shape index (κ1) is 15.0. The molecule has 2 aromatic rings. The molecule has 0 radical (unpaired) electrons. The first-order valence-corrected chi connectivity index (χ1v) is 6.98. The summed E-state index contributed by atoms with van der Waals surface area (Å²) in [5.74, 6) is -0.300. The van der Waals surface area contributed by atoms with Crippen LogP contribution >= 0.6 is 11.3 Å². The molecule has 0 saturated carbocycles. The molecular weight excluding hydrogens is 294 g/mol. The molecular formula is C12H15N5O3S. The number of thiazole rings is 1. The van der Waals surface area contributed by atoms with Gasteiger partial charge in [0.15, 0.2) is 5.69 Å². The Morgan fingerprint density at radius 2 is 2.29 bits per heavy atom. The highest BCUT2D eigenvalue weighted by Gasteiger charge is 2.13. The number of carbonyl (C=O) groups excluding carboxylic acids is 1. The van der Waals surface area contributed by atoms with Gasteiger partial charge in [0.2, 0.25) is 0 Å². The van der Waals surface area contributed by atoms with Gasteiger partial charge in [-0.05, 0) is 0 Å². The lowest BCUT2D eigenvalue weighted by Gasteiger charge is -2.17. The standard InChI is InChI=1S/C12H15N5O3S/c1-16-4-3-13-9(16)6-17(2)12(20)14-5-10-15-8(7-21-10)11(18)19/h3-4,7H,5-6H2,1-2H3,(H,14,20)(H,18,19). The molecule has 0 aliphatic heterocycles. The summed E-state index contributed by atoms with van der Waals surface area (Å²) in [7, 11) is 3.52. The van der Waals surface area contributed by atoms with E-state index in [4.69, 9.17) is 5.11 Å². The number of carboxylic acids is 1. The molecule has 0 bridgehead atoms. The molecule has 2 N–H and O–H groups in total. The second-order valence-corrected chi connectivity index (χ2v) is 5.34. The quantitative estimate of drug-likeness (QED) is 0.855. The number of carboxylic acid groups (broad SMARTS) is 1. The maximum atomic E-state index is 11.9. The van der Waals surface area contributed by atoms with Crippen molar-refractivity contribution in [2.75, 3.05) is 7.05 Å². The lowest BCUT2D eigenvalue weighted by Crippen LogP contribution is -2.36. The summed E-state index contributed by atoms with van der Waals surface area (Å²) in [5.41, 5.74) is -0.00869. The van der Waals surface area contributed by atoms with Crippen LogP contribution in [0.3, 0.4) is 0 Å². The van der Waals surface area contributed by atoms with Gasteiger partial charge in [-0.2, -0.15) is 0 Å². The second-order valence-electron chi connectivity index (χ2n) is 4.40. The average Bonchev–Trinajstić information content (AvgIpc) is 3.06. The van der Waals surface area contributed by atoms with E-state index in [1.54, 1.807) is 13.2 Å². The number of urea groups is 1. The predicted octanol–water partition coefficient (Wildman–Crippen LogP) is 0.916. The fourth-order valence-corrected chi connectivity index (χ4v) is 2.32. The first-order chi connectivity index (χ1) is 9.97. The Hall–Kier alpha value is -2.42. The van der Waals surface area contributed by atoms with Gasteiger partial charge in [0.05, 0.1) is 13.1 Å². The minimum absolute atomic E-state index is 0.00869. The van der Waals surface area contributed by atoms with Gasteiger partial charge in [0, 0.05) is 31.9 Å². The third-order valence-corrected chi connectivity index (χ3v) is 3.66. The Morgan fingerprint density at radius 1 is 1.52 bits per heavy atom. The van der Waals surface area contributed by atoms with Crippen molar-refractivity contribution in [2.45, 2.75) is 13.1 Å². The van der Waals surface area contributed by atoms with E-state index in [1.807, 2.05) is 17.8 Å². The summed E-state index contributed by atoms with van der Waals surface area (Å²) in [6, 6.07) is -0.273. The van der Waals surface area contributed by atoms with Crippen LogP contribution < -0.4 is 5.32 Å². The maximum absolute atomic E-state index is 11.9. The van der Waals surface area contributed by atoms with Gasteiger partial charge in [0.25, 0.3) is 0 Å². The summed E-state index contributed by atoms with van der Waals surface area (Å²) in [6.07, 6.45) is 3.48. The zero-order valence-corrected chi connectivity index (χ0v) is 12.4. The molecule has 0 aliphatic rings. The molecule has 0 saturated heterocycles. The Kier molecular flexibility index (Phi) is 4.53. The highest BCUT2D eigenvalue weighted by atomic mass is 32.1. The van der Waals surface area contributed by atoms with Crippen LogP contribution in [0.2, 0.25) is 0 Å². The van der Waals surface area contributed by atoms with Gasteiger partial charge in [-0.3, -0.25) is 0 Å². The van der Waals surface area contributed by atoms with Gasteiger partial charge in [-0.1, -0.05) is 0 Å². The number of aromatic carboxylic acids is 1. The summed E-state index contributed by atoms with van der Waals surface area (Å²) >= 11 is 1.20. The topological polar surface area (TPSA) is 100 Å². The van der Waals surface area contributed by atoms with Crippen LogP contribution in [0.25, 0.3) is 0 Å². The molecule has 0 unspecified atom stereocenters. The van der Waals surface area contributed by atoms with Gasteiger partial charge >= 0.3 is 12.0 Å². The number of hydrogen-bond donors (Lipinski definition) is 2. The second kappa shape index (κ2) is 6.35. The van der Waals surface area contributed by atoms with Crippen molar-refractivity contribution in [3.8, 4) is 0 Å². The first-order valence-electron chi connectivity index (χ1n) is 6.10. The Morgan fingerprint density at radius 3 is 2.86 bits per heavy atom. The van der Waals surface area contributed by atoms with Crippen molar-refractivity contribution < 1.29 is 14.7 Å². The SMILES string of the molecule is CN(Cc1nccn1C)C(=O)NCc1nc(C(=O)O)cs1. The number of nitrogens with one attached hydrogen (secondary N) is 1. The maximum Gasteiger partial charge on any atom is 0.355 e. The molecule has 0 fully saturated rings. The highest BCUT2D eigenvalue weighted by molar-refractivity contribution is 7.09. The summed E-state index contributed by atoms with van der Waals surface area (Å²) < 4.78 is 1.84. The van der Waals surface area contributed by atoms with E-state index in [1.165, 1.54) is 21.6 Å². The van der Waals surface area contributed by atoms with Crippen molar-refractivity contribution in [1.29, 1.82) is 0 Å². The van der Waals surface area contributed by atoms with Gasteiger partial charge in [0.1, 0.15) is 10.8 Å². The predicted molar refractivity (Wildman–Crippen MR) is 76.0 cm³/mol. The molecule has 112 valence electrons. The molecule has 2 heterocycles. The number of aryl methyl sites for hydroxylation is 1. The Bertz CT molecular complexity index is 651. The number of imidazole rings is 1. The fourth-order valence-electron chi connectivity index (χ4n) is 1.61. The summed E-state index contributed by atoms with van der Waals surface area (Å²) in [5, 5.41) is 13.5. The average molecular weight is 309 g/mol. The van der Waals surface area contributed by atoms with Crippen LogP contribution in [-0.2, 0) is 20.1 Å². The van der Waals surface area contributed by atoms with Crippen LogP contribution in [0.5, 0.6) is 0 Å². The van der Waals surface area contributed by atoms with Crippen LogP contribution in [0.1, 0.15) is 21.3 Å². The minimum Gasteiger partial charge on any atom is -0.476 e. The van der Waals surface area contributed by atoms with Crippen molar-refractivity contribution in [1.82, 2.24) is 24.8 Å². The van der Waals surface area contributed by atoms with E-state index in [-0.39, 0.29) is 18.3 Å². The molecule has 21 heavy (non-hydrogen) atoms. The summed E-state index contributed by atoms with van der Waals surface area (Å²) in [4.78, 5) is 32.2. The third kappa shape index (κ3) is 3.78. The van der Waals surface area contributed by atoms with E-state index in [9.17, 15) is 9.59 Å². The normalized spacial score (nSPS) is 10.4. The van der Waals surface area contributed by atoms with Crippen molar-refractivity contribution >= 4 is 23.3 Å². The molecule has 0 spiro atoms. The fraction of sp³-hybridized carbons (Fsp3) is 0.333. The van der Waals surface area contributed by atoms with Crippen LogP contribution in [-0.4, -0.2) is 43.6 Å². The molecule has 0 atom stereocenters. The third-order valence-electron chi connectivity index (χ3n) is 2.81. The molecule has 2 rings (SSSR count). The van der Waals surface area contributed by atoms with Gasteiger partial charge < -0.3 is 19.9 Å². The molecule has 8 nitrogen and oxygen atoms in total.